The van der Waals surface area contributed by atoms with Gasteiger partial charge in [0.15, 0.2) is 5.84 Å². The summed E-state index contributed by atoms with van der Waals surface area (Å²) in [6.45, 7) is 1.71. The molecule has 1 aliphatic heterocycles. The first-order chi connectivity index (χ1) is 13.4. The largest absolute Gasteiger partial charge is 0.369 e. The molecule has 5 heteroatoms. The van der Waals surface area contributed by atoms with Crippen molar-refractivity contribution < 1.29 is 0 Å². The molecule has 5 nitrogen and oxygen atoms in total. The third-order valence-corrected chi connectivity index (χ3v) is 5.58. The molecular formula is C22H23N5. The number of hydrogen-bond donors (Lipinski definition) is 2. The summed E-state index contributed by atoms with van der Waals surface area (Å²) in [4.78, 5) is 13.6. The van der Waals surface area contributed by atoms with Crippen LogP contribution in [0, 0.1) is 5.92 Å². The van der Waals surface area contributed by atoms with Crippen molar-refractivity contribution >= 4 is 28.1 Å². The number of anilines is 2. The van der Waals surface area contributed by atoms with Gasteiger partial charge in [-0.1, -0.05) is 18.9 Å². The average Bonchev–Trinajstić information content (AvgIpc) is 3.36. The molecule has 0 spiro atoms. The lowest BCUT2D eigenvalue weighted by Crippen LogP contribution is -2.13. The van der Waals surface area contributed by atoms with Gasteiger partial charge in [0.25, 0.3) is 0 Å². The SMILES string of the molecule is c1cnc2c(c1)CN=C2Nc1ccc2c(NCC3CCCC3)nccc2c1. The van der Waals surface area contributed by atoms with Crippen LogP contribution in [0.5, 0.6) is 0 Å². The normalized spacial score (nSPS) is 16.4. The number of aromatic nitrogens is 2. The van der Waals surface area contributed by atoms with Crippen molar-refractivity contribution in [2.24, 2.45) is 10.9 Å². The van der Waals surface area contributed by atoms with Crippen LogP contribution in [-0.4, -0.2) is 22.3 Å². The summed E-state index contributed by atoms with van der Waals surface area (Å²) in [6.07, 6.45) is 9.11. The van der Waals surface area contributed by atoms with Crippen LogP contribution in [0.4, 0.5) is 11.5 Å². The fourth-order valence-electron chi connectivity index (χ4n) is 4.11. The number of rotatable bonds is 4. The summed E-state index contributed by atoms with van der Waals surface area (Å²) in [5, 5.41) is 9.33. The molecule has 1 aromatic carbocycles. The van der Waals surface area contributed by atoms with Gasteiger partial charge < -0.3 is 10.6 Å². The summed E-state index contributed by atoms with van der Waals surface area (Å²) < 4.78 is 0. The molecule has 0 unspecified atom stereocenters. The van der Waals surface area contributed by atoms with Crippen molar-refractivity contribution in [1.29, 1.82) is 0 Å². The lowest BCUT2D eigenvalue weighted by molar-refractivity contribution is 0.579. The molecular weight excluding hydrogens is 334 g/mol. The number of hydrogen-bond acceptors (Lipinski definition) is 5. The van der Waals surface area contributed by atoms with E-state index in [9.17, 15) is 0 Å². The highest BCUT2D eigenvalue weighted by Gasteiger charge is 2.17. The fraction of sp³-hybridized carbons (Fsp3) is 0.318. The Kier molecular flexibility index (Phi) is 4.20. The third kappa shape index (κ3) is 3.25. The standard InChI is InChI=1S/C22H23N5/c1-2-5-15(4-1)13-25-21-19-8-7-18(12-16(19)9-11-24-21)27-22-20-17(14-26-22)6-3-10-23-20/h3,6-12,15H,1-2,4-5,13-14H2,(H,24,25)(H,26,27). The van der Waals surface area contributed by atoms with E-state index in [1.165, 1.54) is 36.6 Å². The highest BCUT2D eigenvalue weighted by atomic mass is 15.0. The molecule has 3 aromatic rings. The maximum Gasteiger partial charge on any atom is 0.152 e. The minimum absolute atomic E-state index is 0.693. The Labute approximate surface area is 159 Å². The number of pyridine rings is 2. The van der Waals surface area contributed by atoms with Crippen molar-refractivity contribution in [3.05, 3.63) is 60.0 Å². The van der Waals surface area contributed by atoms with Crippen LogP contribution in [0.15, 0.2) is 53.8 Å². The zero-order valence-corrected chi connectivity index (χ0v) is 15.3. The maximum absolute atomic E-state index is 4.59. The molecule has 136 valence electrons. The minimum Gasteiger partial charge on any atom is -0.369 e. The van der Waals surface area contributed by atoms with Gasteiger partial charge in [-0.05, 0) is 54.5 Å². The van der Waals surface area contributed by atoms with Gasteiger partial charge in [0, 0.05) is 35.6 Å². The van der Waals surface area contributed by atoms with Crippen molar-refractivity contribution in [3.8, 4) is 0 Å². The fourth-order valence-corrected chi connectivity index (χ4v) is 4.11. The van der Waals surface area contributed by atoms with Gasteiger partial charge in [-0.15, -0.1) is 0 Å². The molecule has 27 heavy (non-hydrogen) atoms. The number of nitrogens with one attached hydrogen (secondary N) is 2. The van der Waals surface area contributed by atoms with Crippen molar-refractivity contribution in [1.82, 2.24) is 9.97 Å². The topological polar surface area (TPSA) is 62.2 Å². The van der Waals surface area contributed by atoms with E-state index in [-0.39, 0.29) is 0 Å². The van der Waals surface area contributed by atoms with Crippen LogP contribution in [-0.2, 0) is 6.54 Å². The van der Waals surface area contributed by atoms with Gasteiger partial charge in [0.2, 0.25) is 0 Å². The Hall–Kier alpha value is -2.95. The van der Waals surface area contributed by atoms with Gasteiger partial charge in [0.1, 0.15) is 11.5 Å². The first-order valence-electron chi connectivity index (χ1n) is 9.75. The van der Waals surface area contributed by atoms with Crippen molar-refractivity contribution in [2.75, 3.05) is 17.2 Å². The second-order valence-electron chi connectivity index (χ2n) is 7.43. The summed E-state index contributed by atoms with van der Waals surface area (Å²) in [5.41, 5.74) is 3.14. The number of benzene rings is 1. The molecule has 0 saturated heterocycles. The molecule has 2 aromatic heterocycles. The predicted octanol–water partition coefficient (Wildman–Crippen LogP) is 4.60. The Bertz CT molecular complexity index is 1000. The lowest BCUT2D eigenvalue weighted by Gasteiger charge is -2.14. The molecule has 1 fully saturated rings. The second-order valence-corrected chi connectivity index (χ2v) is 7.43. The van der Waals surface area contributed by atoms with Crippen molar-refractivity contribution in [3.63, 3.8) is 0 Å². The first kappa shape index (κ1) is 16.2. The molecule has 0 radical (unpaired) electrons. The molecule has 0 amide bonds. The molecule has 0 atom stereocenters. The third-order valence-electron chi connectivity index (χ3n) is 5.58. The Morgan fingerprint density at radius 2 is 1.93 bits per heavy atom. The number of aliphatic imine (C=N–C) groups is 1. The van der Waals surface area contributed by atoms with Crippen LogP contribution in [0.25, 0.3) is 10.8 Å². The second kappa shape index (κ2) is 6.99. The van der Waals surface area contributed by atoms with E-state index in [1.54, 1.807) is 0 Å². The quantitative estimate of drug-likeness (QED) is 0.716. The van der Waals surface area contributed by atoms with Crippen LogP contribution in [0.1, 0.15) is 36.9 Å². The minimum atomic E-state index is 0.693. The smallest absolute Gasteiger partial charge is 0.152 e. The summed E-state index contributed by atoms with van der Waals surface area (Å²) in [6, 6.07) is 12.5. The monoisotopic (exact) mass is 357 g/mol. The highest BCUT2D eigenvalue weighted by molar-refractivity contribution is 6.10. The molecule has 1 aliphatic carbocycles. The Balaban J connectivity index is 1.36. The highest BCUT2D eigenvalue weighted by Crippen LogP contribution is 2.28. The van der Waals surface area contributed by atoms with Gasteiger partial charge in [-0.25, -0.2) is 4.98 Å². The Morgan fingerprint density at radius 1 is 1.00 bits per heavy atom. The van der Waals surface area contributed by atoms with Crippen LogP contribution >= 0.6 is 0 Å². The van der Waals surface area contributed by atoms with Gasteiger partial charge in [0.05, 0.1) is 6.54 Å². The van der Waals surface area contributed by atoms with E-state index in [2.05, 4.69) is 55.9 Å². The van der Waals surface area contributed by atoms with E-state index >= 15 is 0 Å². The van der Waals surface area contributed by atoms with Gasteiger partial charge in [-0.2, -0.15) is 0 Å². The Morgan fingerprint density at radius 3 is 2.85 bits per heavy atom. The number of nitrogens with zero attached hydrogens (tertiary/aromatic N) is 3. The van der Waals surface area contributed by atoms with E-state index in [1.807, 2.05) is 18.5 Å². The number of fused-ring (bicyclic) bond motifs is 2. The van der Waals surface area contributed by atoms with Crippen LogP contribution < -0.4 is 10.6 Å². The molecule has 2 N–H and O–H groups in total. The molecule has 3 heterocycles. The van der Waals surface area contributed by atoms with E-state index < -0.39 is 0 Å². The van der Waals surface area contributed by atoms with Crippen molar-refractivity contribution in [2.45, 2.75) is 32.2 Å². The first-order valence-corrected chi connectivity index (χ1v) is 9.75. The maximum atomic E-state index is 4.59. The zero-order valence-electron chi connectivity index (χ0n) is 15.3. The van der Waals surface area contributed by atoms with Crippen LogP contribution in [0.2, 0.25) is 0 Å². The molecule has 2 aliphatic rings. The van der Waals surface area contributed by atoms with Crippen LogP contribution in [0.3, 0.4) is 0 Å². The summed E-state index contributed by atoms with van der Waals surface area (Å²) in [5.74, 6) is 2.62. The van der Waals surface area contributed by atoms with E-state index in [0.29, 0.717) is 6.54 Å². The average molecular weight is 357 g/mol. The predicted molar refractivity (Wildman–Crippen MR) is 110 cm³/mol. The molecule has 0 bridgehead atoms. The van der Waals surface area contributed by atoms with Gasteiger partial charge in [-0.3, -0.25) is 9.98 Å². The zero-order chi connectivity index (χ0) is 18.1. The summed E-state index contributed by atoms with van der Waals surface area (Å²) in [7, 11) is 0. The van der Waals surface area contributed by atoms with Gasteiger partial charge >= 0.3 is 0 Å². The molecule has 5 rings (SSSR count). The van der Waals surface area contributed by atoms with E-state index in [0.717, 1.165) is 40.9 Å². The number of amidine groups is 1. The summed E-state index contributed by atoms with van der Waals surface area (Å²) >= 11 is 0. The lowest BCUT2D eigenvalue weighted by atomic mass is 10.1. The molecule has 1 saturated carbocycles. The van der Waals surface area contributed by atoms with E-state index in [4.69, 9.17) is 0 Å².